The van der Waals surface area contributed by atoms with E-state index in [9.17, 15) is 9.90 Å². The molecule has 0 bridgehead atoms. The third-order valence-corrected chi connectivity index (χ3v) is 5.02. The molecule has 3 N–H and O–H groups in total. The Labute approximate surface area is 165 Å². The highest BCUT2D eigenvalue weighted by atomic mass is 16.5. The minimum absolute atomic E-state index is 0.245. The van der Waals surface area contributed by atoms with Gasteiger partial charge in [0.25, 0.3) is 0 Å². The van der Waals surface area contributed by atoms with Gasteiger partial charge in [0.05, 0.1) is 21.3 Å². The number of aromatic carboxylic acids is 1. The van der Waals surface area contributed by atoms with Gasteiger partial charge in [0, 0.05) is 23.4 Å². The van der Waals surface area contributed by atoms with Gasteiger partial charge in [0.1, 0.15) is 5.69 Å². The van der Waals surface area contributed by atoms with E-state index >= 15 is 0 Å². The van der Waals surface area contributed by atoms with Crippen molar-refractivity contribution in [2.75, 3.05) is 27.9 Å². The zero-order valence-electron chi connectivity index (χ0n) is 16.8. The molecule has 1 aromatic carbocycles. The first kappa shape index (κ1) is 20.1. The van der Waals surface area contributed by atoms with Crippen molar-refractivity contribution in [2.45, 2.75) is 38.6 Å². The van der Waals surface area contributed by atoms with E-state index in [2.05, 4.69) is 17.2 Å². The predicted molar refractivity (Wildman–Crippen MR) is 107 cm³/mol. The van der Waals surface area contributed by atoms with Crippen LogP contribution < -0.4 is 19.5 Å². The van der Waals surface area contributed by atoms with E-state index in [-0.39, 0.29) is 11.6 Å². The summed E-state index contributed by atoms with van der Waals surface area (Å²) < 4.78 is 16.6. The average Bonchev–Trinajstić information content (AvgIpc) is 3.47. The number of hydrogen-bond acceptors (Lipinski definition) is 5. The van der Waals surface area contributed by atoms with Crippen molar-refractivity contribution in [3.63, 3.8) is 0 Å². The maximum absolute atomic E-state index is 11.9. The summed E-state index contributed by atoms with van der Waals surface area (Å²) in [6.07, 6.45) is 2.97. The molecule has 3 rings (SSSR count). The molecule has 0 radical (unpaired) electrons. The van der Waals surface area contributed by atoms with E-state index in [0.717, 1.165) is 48.2 Å². The fourth-order valence-electron chi connectivity index (χ4n) is 3.65. The second kappa shape index (κ2) is 8.56. The molecule has 0 aliphatic heterocycles. The lowest BCUT2D eigenvalue weighted by molar-refractivity contribution is 0.0689. The number of carboxylic acids is 1. The Hall–Kier alpha value is -2.67. The lowest BCUT2D eigenvalue weighted by Gasteiger charge is -2.17. The lowest BCUT2D eigenvalue weighted by Crippen LogP contribution is -2.15. The van der Waals surface area contributed by atoms with Crippen LogP contribution in [0.5, 0.6) is 17.2 Å². The van der Waals surface area contributed by atoms with Gasteiger partial charge in [-0.05, 0) is 49.4 Å². The molecule has 0 spiro atoms. The zero-order chi connectivity index (χ0) is 20.3. The first-order chi connectivity index (χ1) is 13.6. The van der Waals surface area contributed by atoms with Crippen LogP contribution in [0, 0.1) is 0 Å². The second-order valence-electron chi connectivity index (χ2n) is 6.91. The maximum atomic E-state index is 11.9. The van der Waals surface area contributed by atoms with Gasteiger partial charge in [-0.25, -0.2) is 4.79 Å². The topological polar surface area (TPSA) is 92.8 Å². The molecule has 1 aromatic heterocycles. The Morgan fingerprint density at radius 3 is 2.43 bits per heavy atom. The van der Waals surface area contributed by atoms with Gasteiger partial charge in [0.15, 0.2) is 11.5 Å². The summed E-state index contributed by atoms with van der Waals surface area (Å²) in [4.78, 5) is 15.1. The van der Waals surface area contributed by atoms with Crippen molar-refractivity contribution in [1.29, 1.82) is 0 Å². The standard InChI is InChI=1S/C21H28N2O5/c1-5-10-22-11-14-17(16(12-6-7-12)18(23-14)21(24)25)13-8-9-15(26-2)20(28-4)19(13)27-3/h8-9,12,22-23H,5-7,10-11H2,1-4H3,(H,24,25). The number of aromatic nitrogens is 1. The summed E-state index contributed by atoms with van der Waals surface area (Å²) in [5.74, 6) is 0.904. The highest BCUT2D eigenvalue weighted by Gasteiger charge is 2.35. The Kier molecular flexibility index (Phi) is 6.14. The summed E-state index contributed by atoms with van der Waals surface area (Å²) in [5.41, 5.74) is 3.66. The SMILES string of the molecule is CCCNCc1[nH]c(C(=O)O)c(C2CC2)c1-c1ccc(OC)c(OC)c1OC. The summed E-state index contributed by atoms with van der Waals surface area (Å²) in [6, 6.07) is 3.73. The molecule has 0 atom stereocenters. The van der Waals surface area contributed by atoms with Crippen LogP contribution in [0.4, 0.5) is 0 Å². The van der Waals surface area contributed by atoms with Crippen LogP contribution in [0.3, 0.4) is 0 Å². The van der Waals surface area contributed by atoms with Crippen LogP contribution in [0.1, 0.15) is 53.8 Å². The van der Waals surface area contributed by atoms with Crippen molar-refractivity contribution in [2.24, 2.45) is 0 Å². The van der Waals surface area contributed by atoms with Gasteiger partial charge in [-0.3, -0.25) is 0 Å². The molecule has 0 saturated heterocycles. The molecular weight excluding hydrogens is 360 g/mol. The molecule has 1 heterocycles. The zero-order valence-corrected chi connectivity index (χ0v) is 16.8. The van der Waals surface area contributed by atoms with Gasteiger partial charge in [-0.15, -0.1) is 0 Å². The number of carbonyl (C=O) groups is 1. The summed E-state index contributed by atoms with van der Waals surface area (Å²) >= 11 is 0. The van der Waals surface area contributed by atoms with Crippen molar-refractivity contribution in [1.82, 2.24) is 10.3 Å². The molecule has 152 valence electrons. The lowest BCUT2D eigenvalue weighted by atomic mass is 9.95. The maximum Gasteiger partial charge on any atom is 0.352 e. The predicted octanol–water partition coefficient (Wildman–Crippen LogP) is 3.78. The summed E-state index contributed by atoms with van der Waals surface area (Å²) in [5, 5.41) is 13.1. The number of aromatic amines is 1. The largest absolute Gasteiger partial charge is 0.493 e. The Bertz CT molecular complexity index is 855. The average molecular weight is 388 g/mol. The number of methoxy groups -OCH3 is 3. The molecule has 1 fully saturated rings. The van der Waals surface area contributed by atoms with Crippen LogP contribution in [0.15, 0.2) is 12.1 Å². The van der Waals surface area contributed by atoms with Gasteiger partial charge in [-0.1, -0.05) is 6.92 Å². The van der Waals surface area contributed by atoms with E-state index in [0.29, 0.717) is 23.8 Å². The number of nitrogens with one attached hydrogen (secondary N) is 2. The fraction of sp³-hybridized carbons (Fsp3) is 0.476. The fourth-order valence-corrected chi connectivity index (χ4v) is 3.65. The Morgan fingerprint density at radius 2 is 1.89 bits per heavy atom. The van der Waals surface area contributed by atoms with Crippen LogP contribution in [0.25, 0.3) is 11.1 Å². The van der Waals surface area contributed by atoms with E-state index in [1.165, 1.54) is 0 Å². The minimum Gasteiger partial charge on any atom is -0.493 e. The van der Waals surface area contributed by atoms with Crippen molar-refractivity contribution in [3.05, 3.63) is 29.1 Å². The van der Waals surface area contributed by atoms with Crippen LogP contribution in [0.2, 0.25) is 0 Å². The molecule has 0 amide bonds. The number of H-pyrrole nitrogens is 1. The normalized spacial score (nSPS) is 13.4. The van der Waals surface area contributed by atoms with Gasteiger partial charge < -0.3 is 29.6 Å². The molecule has 1 aliphatic rings. The molecule has 7 heteroatoms. The van der Waals surface area contributed by atoms with Crippen LogP contribution in [-0.4, -0.2) is 43.9 Å². The molecule has 1 aliphatic carbocycles. The van der Waals surface area contributed by atoms with Crippen molar-refractivity contribution < 1.29 is 24.1 Å². The van der Waals surface area contributed by atoms with E-state index in [1.807, 2.05) is 12.1 Å². The number of carboxylic acid groups (broad SMARTS) is 1. The number of ether oxygens (including phenoxy) is 3. The van der Waals surface area contributed by atoms with E-state index in [4.69, 9.17) is 14.2 Å². The molecule has 1 saturated carbocycles. The van der Waals surface area contributed by atoms with Crippen LogP contribution >= 0.6 is 0 Å². The van der Waals surface area contributed by atoms with Gasteiger partial charge in [-0.2, -0.15) is 0 Å². The molecule has 7 nitrogen and oxygen atoms in total. The number of rotatable bonds is 10. The van der Waals surface area contributed by atoms with E-state index in [1.54, 1.807) is 21.3 Å². The third-order valence-electron chi connectivity index (χ3n) is 5.02. The third kappa shape index (κ3) is 3.67. The summed E-state index contributed by atoms with van der Waals surface area (Å²) in [6.45, 7) is 3.49. The van der Waals surface area contributed by atoms with Gasteiger partial charge in [0.2, 0.25) is 5.75 Å². The Morgan fingerprint density at radius 1 is 1.18 bits per heavy atom. The minimum atomic E-state index is -0.940. The number of hydrogen-bond donors (Lipinski definition) is 3. The molecular formula is C21H28N2O5. The van der Waals surface area contributed by atoms with Crippen molar-refractivity contribution in [3.8, 4) is 28.4 Å². The highest BCUT2D eigenvalue weighted by molar-refractivity contribution is 5.93. The number of benzene rings is 1. The first-order valence-corrected chi connectivity index (χ1v) is 9.55. The smallest absolute Gasteiger partial charge is 0.352 e. The monoisotopic (exact) mass is 388 g/mol. The Balaban J connectivity index is 2.23. The molecule has 28 heavy (non-hydrogen) atoms. The molecule has 0 unspecified atom stereocenters. The quantitative estimate of drug-likeness (QED) is 0.537. The second-order valence-corrected chi connectivity index (χ2v) is 6.91. The first-order valence-electron chi connectivity index (χ1n) is 9.55. The van der Waals surface area contributed by atoms with Crippen molar-refractivity contribution >= 4 is 5.97 Å². The van der Waals surface area contributed by atoms with Gasteiger partial charge >= 0.3 is 5.97 Å². The molecule has 2 aromatic rings. The van der Waals surface area contributed by atoms with E-state index < -0.39 is 5.97 Å². The van der Waals surface area contributed by atoms with Crippen LogP contribution in [-0.2, 0) is 6.54 Å². The highest BCUT2D eigenvalue weighted by Crippen LogP contribution is 2.52. The summed E-state index contributed by atoms with van der Waals surface area (Å²) in [7, 11) is 4.72.